The van der Waals surface area contributed by atoms with E-state index < -0.39 is 0 Å². The van der Waals surface area contributed by atoms with E-state index in [0.717, 1.165) is 5.01 Å². The Labute approximate surface area is 105 Å². The Morgan fingerprint density at radius 1 is 1.75 bits per heavy atom. The number of thiazole rings is 1. The molecule has 4 nitrogen and oxygen atoms in total. The van der Waals surface area contributed by atoms with Crippen molar-refractivity contribution in [1.82, 2.24) is 10.3 Å². The molecule has 0 spiro atoms. The summed E-state index contributed by atoms with van der Waals surface area (Å²) in [6.07, 6.45) is 2.46. The van der Waals surface area contributed by atoms with Crippen molar-refractivity contribution in [3.63, 3.8) is 0 Å². The Morgan fingerprint density at radius 3 is 2.94 bits per heavy atom. The molecule has 16 heavy (non-hydrogen) atoms. The standard InChI is InChI=1S/C10H15N3OS.ClH/c1-6(7-2-3-7)12-10(14)8-5-15-9(4-11)13-8;/h5-7H,2-4,11H2,1H3,(H,12,14);1H. The van der Waals surface area contributed by atoms with Gasteiger partial charge in [-0.05, 0) is 25.7 Å². The lowest BCUT2D eigenvalue weighted by Gasteiger charge is -2.10. The van der Waals surface area contributed by atoms with Crippen LogP contribution in [0.4, 0.5) is 0 Å². The van der Waals surface area contributed by atoms with Crippen LogP contribution in [-0.4, -0.2) is 16.9 Å². The predicted octanol–water partition coefficient (Wildman–Crippen LogP) is 1.55. The van der Waals surface area contributed by atoms with E-state index in [4.69, 9.17) is 5.73 Å². The number of rotatable bonds is 4. The summed E-state index contributed by atoms with van der Waals surface area (Å²) >= 11 is 1.43. The molecule has 1 fully saturated rings. The average molecular weight is 262 g/mol. The molecule has 0 aliphatic heterocycles. The topological polar surface area (TPSA) is 68.0 Å². The van der Waals surface area contributed by atoms with E-state index in [0.29, 0.717) is 18.2 Å². The third kappa shape index (κ3) is 3.17. The van der Waals surface area contributed by atoms with Crippen molar-refractivity contribution in [2.75, 3.05) is 0 Å². The highest BCUT2D eigenvalue weighted by Gasteiger charge is 2.29. The van der Waals surface area contributed by atoms with E-state index >= 15 is 0 Å². The number of nitrogens with two attached hydrogens (primary N) is 1. The van der Waals surface area contributed by atoms with Crippen LogP contribution in [0.25, 0.3) is 0 Å². The Hall–Kier alpha value is -0.650. The summed E-state index contributed by atoms with van der Waals surface area (Å²) in [5, 5.41) is 5.53. The molecule has 0 saturated heterocycles. The molecule has 1 aliphatic carbocycles. The largest absolute Gasteiger partial charge is 0.348 e. The summed E-state index contributed by atoms with van der Waals surface area (Å²) in [6, 6.07) is 0.264. The number of amides is 1. The van der Waals surface area contributed by atoms with E-state index in [1.54, 1.807) is 5.38 Å². The molecule has 1 heterocycles. The first-order valence-corrected chi connectivity index (χ1v) is 6.04. The van der Waals surface area contributed by atoms with Gasteiger partial charge in [-0.3, -0.25) is 4.79 Å². The van der Waals surface area contributed by atoms with Gasteiger partial charge in [-0.1, -0.05) is 0 Å². The SMILES string of the molecule is CC(NC(=O)c1csc(CN)n1)C1CC1.Cl. The fourth-order valence-corrected chi connectivity index (χ4v) is 2.16. The van der Waals surface area contributed by atoms with Gasteiger partial charge in [-0.15, -0.1) is 23.7 Å². The molecule has 3 N–H and O–H groups in total. The zero-order valence-corrected chi connectivity index (χ0v) is 10.7. The molecule has 1 amide bonds. The summed E-state index contributed by atoms with van der Waals surface area (Å²) in [6.45, 7) is 2.45. The molecule has 6 heteroatoms. The van der Waals surface area contributed by atoms with Crippen LogP contribution in [0, 0.1) is 5.92 Å². The van der Waals surface area contributed by atoms with Gasteiger partial charge >= 0.3 is 0 Å². The molecule has 0 radical (unpaired) electrons. The lowest BCUT2D eigenvalue weighted by atomic mass is 10.2. The van der Waals surface area contributed by atoms with Gasteiger partial charge in [-0.25, -0.2) is 4.98 Å². The van der Waals surface area contributed by atoms with Crippen LogP contribution < -0.4 is 11.1 Å². The van der Waals surface area contributed by atoms with E-state index in [2.05, 4.69) is 10.3 Å². The fraction of sp³-hybridized carbons (Fsp3) is 0.600. The number of carbonyl (C=O) groups is 1. The van der Waals surface area contributed by atoms with Crippen LogP contribution in [0.5, 0.6) is 0 Å². The molecule has 1 aromatic heterocycles. The van der Waals surface area contributed by atoms with Crippen molar-refractivity contribution in [2.45, 2.75) is 32.4 Å². The van der Waals surface area contributed by atoms with Gasteiger partial charge < -0.3 is 11.1 Å². The van der Waals surface area contributed by atoms with Gasteiger partial charge in [-0.2, -0.15) is 0 Å². The van der Waals surface area contributed by atoms with Crippen LogP contribution >= 0.6 is 23.7 Å². The Bertz CT molecular complexity index is 365. The van der Waals surface area contributed by atoms with Crippen LogP contribution in [0.15, 0.2) is 5.38 Å². The smallest absolute Gasteiger partial charge is 0.270 e. The summed E-state index contributed by atoms with van der Waals surface area (Å²) < 4.78 is 0. The summed E-state index contributed by atoms with van der Waals surface area (Å²) in [4.78, 5) is 15.9. The molecule has 1 aliphatic rings. The number of halogens is 1. The highest BCUT2D eigenvalue weighted by atomic mass is 35.5. The minimum Gasteiger partial charge on any atom is -0.348 e. The fourth-order valence-electron chi connectivity index (χ4n) is 1.50. The average Bonchev–Trinajstić information content (AvgIpc) is 2.96. The molecule has 0 aromatic carbocycles. The number of nitrogens with one attached hydrogen (secondary N) is 1. The first kappa shape index (κ1) is 13.4. The summed E-state index contributed by atoms with van der Waals surface area (Å²) in [7, 11) is 0. The molecule has 0 bridgehead atoms. The van der Waals surface area contributed by atoms with Crippen molar-refractivity contribution in [3.05, 3.63) is 16.1 Å². The van der Waals surface area contributed by atoms with E-state index in [1.165, 1.54) is 24.2 Å². The maximum Gasteiger partial charge on any atom is 0.270 e. The van der Waals surface area contributed by atoms with Crippen LogP contribution in [0.2, 0.25) is 0 Å². The highest BCUT2D eigenvalue weighted by Crippen LogP contribution is 2.32. The van der Waals surface area contributed by atoms with Crippen molar-refractivity contribution in [2.24, 2.45) is 11.7 Å². The second kappa shape index (κ2) is 5.61. The van der Waals surface area contributed by atoms with Gasteiger partial charge in [0.15, 0.2) is 0 Å². The van der Waals surface area contributed by atoms with Crippen molar-refractivity contribution >= 4 is 29.7 Å². The van der Waals surface area contributed by atoms with Crippen LogP contribution in [-0.2, 0) is 6.54 Å². The zero-order chi connectivity index (χ0) is 10.8. The van der Waals surface area contributed by atoms with E-state index in [1.807, 2.05) is 6.92 Å². The van der Waals surface area contributed by atoms with Gasteiger partial charge in [0.1, 0.15) is 10.7 Å². The maximum absolute atomic E-state index is 11.7. The first-order chi connectivity index (χ1) is 7.20. The Morgan fingerprint density at radius 2 is 2.44 bits per heavy atom. The molecule has 2 rings (SSSR count). The van der Waals surface area contributed by atoms with Crippen molar-refractivity contribution in [3.8, 4) is 0 Å². The monoisotopic (exact) mass is 261 g/mol. The van der Waals surface area contributed by atoms with E-state index in [-0.39, 0.29) is 24.4 Å². The van der Waals surface area contributed by atoms with Crippen LogP contribution in [0.3, 0.4) is 0 Å². The second-order valence-corrected chi connectivity index (χ2v) is 4.87. The third-order valence-electron chi connectivity index (χ3n) is 2.65. The highest BCUT2D eigenvalue weighted by molar-refractivity contribution is 7.09. The zero-order valence-electron chi connectivity index (χ0n) is 9.10. The normalized spacial score (nSPS) is 16.4. The molecule has 1 saturated carbocycles. The van der Waals surface area contributed by atoms with Gasteiger partial charge in [0.2, 0.25) is 0 Å². The quantitative estimate of drug-likeness (QED) is 0.864. The molecule has 1 unspecified atom stereocenters. The first-order valence-electron chi connectivity index (χ1n) is 5.16. The van der Waals surface area contributed by atoms with Gasteiger partial charge in [0.25, 0.3) is 5.91 Å². The van der Waals surface area contributed by atoms with Crippen molar-refractivity contribution in [1.29, 1.82) is 0 Å². The summed E-state index contributed by atoms with van der Waals surface area (Å²) in [5.74, 6) is 0.590. The van der Waals surface area contributed by atoms with Gasteiger partial charge in [0, 0.05) is 18.0 Å². The number of aromatic nitrogens is 1. The lowest BCUT2D eigenvalue weighted by molar-refractivity contribution is 0.0931. The third-order valence-corrected chi connectivity index (χ3v) is 3.52. The van der Waals surface area contributed by atoms with Crippen LogP contribution in [0.1, 0.15) is 35.3 Å². The summed E-state index contributed by atoms with van der Waals surface area (Å²) in [5.41, 5.74) is 5.93. The second-order valence-electron chi connectivity index (χ2n) is 3.93. The van der Waals surface area contributed by atoms with Crippen molar-refractivity contribution < 1.29 is 4.79 Å². The Balaban J connectivity index is 0.00000128. The lowest BCUT2D eigenvalue weighted by Crippen LogP contribution is -2.34. The predicted molar refractivity (Wildman–Crippen MR) is 66.9 cm³/mol. The maximum atomic E-state index is 11.7. The minimum atomic E-state index is -0.0784. The molecule has 1 aromatic rings. The number of nitrogens with zero attached hydrogens (tertiary/aromatic N) is 1. The Kier molecular flexibility index (Phi) is 4.70. The molecule has 90 valence electrons. The number of hydrogen-bond donors (Lipinski definition) is 2. The molecule has 1 atom stereocenters. The number of hydrogen-bond acceptors (Lipinski definition) is 4. The number of carbonyl (C=O) groups excluding carboxylic acids is 1. The minimum absolute atomic E-state index is 0. The van der Waals surface area contributed by atoms with Gasteiger partial charge in [0.05, 0.1) is 0 Å². The molecular weight excluding hydrogens is 246 g/mol. The van der Waals surface area contributed by atoms with E-state index in [9.17, 15) is 4.79 Å². The molecular formula is C10H16ClN3OS.